The molecule has 0 bridgehead atoms. The second kappa shape index (κ2) is 8.78. The number of nitrogens with one attached hydrogen (secondary N) is 2. The van der Waals surface area contributed by atoms with Crippen LogP contribution in [0.1, 0.15) is 42.2 Å². The van der Waals surface area contributed by atoms with Gasteiger partial charge < -0.3 is 16.0 Å². The Hall–Kier alpha value is -3.53. The number of nitrogens with two attached hydrogens (primary N) is 1. The van der Waals surface area contributed by atoms with Gasteiger partial charge in [-0.05, 0) is 70.3 Å². The van der Waals surface area contributed by atoms with Gasteiger partial charge in [-0.2, -0.15) is 10.2 Å². The third kappa shape index (κ3) is 4.13. The molecule has 0 radical (unpaired) electrons. The van der Waals surface area contributed by atoms with Crippen molar-refractivity contribution in [1.82, 2.24) is 40.1 Å². The van der Waals surface area contributed by atoms with Crippen molar-refractivity contribution in [1.29, 1.82) is 0 Å². The predicted octanol–water partition coefficient (Wildman–Crippen LogP) is 2.50. The summed E-state index contributed by atoms with van der Waals surface area (Å²) < 4.78 is 3.85. The Kier molecular flexibility index (Phi) is 5.67. The summed E-state index contributed by atoms with van der Waals surface area (Å²) in [5, 5.41) is 22.2. The number of fused-ring (bicyclic) bond motifs is 1. The fourth-order valence-corrected chi connectivity index (χ4v) is 4.64. The number of rotatable bonds is 7. The highest BCUT2D eigenvalue weighted by Gasteiger charge is 2.19. The number of carbonyl (C=O) groups excluding carboxylic acids is 1. The van der Waals surface area contributed by atoms with Crippen LogP contribution in [0.4, 0.5) is 0 Å². The monoisotopic (exact) mass is 447 g/mol. The molecule has 1 aliphatic rings. The molecule has 0 spiro atoms. The van der Waals surface area contributed by atoms with Crippen molar-refractivity contribution < 1.29 is 4.79 Å². The van der Waals surface area contributed by atoms with Crippen molar-refractivity contribution in [3.63, 3.8) is 0 Å². The molecule has 4 aromatic rings. The lowest BCUT2D eigenvalue weighted by molar-refractivity contribution is 0.100. The Bertz CT molecular complexity index is 1290. The van der Waals surface area contributed by atoms with E-state index in [1.54, 1.807) is 6.07 Å². The van der Waals surface area contributed by atoms with E-state index in [0.717, 1.165) is 60.5 Å². The number of hydrogen-bond acceptors (Lipinski definition) is 6. The molecule has 3 aromatic heterocycles. The molecule has 4 N–H and O–H groups in total. The van der Waals surface area contributed by atoms with E-state index in [4.69, 9.17) is 5.73 Å². The van der Waals surface area contributed by atoms with E-state index in [1.165, 1.54) is 12.8 Å². The van der Waals surface area contributed by atoms with Crippen molar-refractivity contribution in [3.8, 4) is 22.9 Å². The Morgan fingerprint density at radius 1 is 1.21 bits per heavy atom. The highest BCUT2D eigenvalue weighted by molar-refractivity contribution is 6.02. The summed E-state index contributed by atoms with van der Waals surface area (Å²) in [6.45, 7) is 7.64. The number of carbonyl (C=O) groups is 1. The number of hydrogen-bond donors (Lipinski definition) is 3. The van der Waals surface area contributed by atoms with Gasteiger partial charge in [-0.15, -0.1) is 10.2 Å². The molecule has 0 saturated carbocycles. The number of H-pyrrole nitrogens is 1. The first-order valence-electron chi connectivity index (χ1n) is 11.5. The Balaban J connectivity index is 1.52. The van der Waals surface area contributed by atoms with Gasteiger partial charge >= 0.3 is 0 Å². The highest BCUT2D eigenvalue weighted by atomic mass is 16.1. The minimum atomic E-state index is -0.484. The van der Waals surface area contributed by atoms with Crippen molar-refractivity contribution in [2.75, 3.05) is 13.1 Å². The van der Waals surface area contributed by atoms with E-state index < -0.39 is 5.91 Å². The zero-order chi connectivity index (χ0) is 22.9. The molecule has 1 aromatic carbocycles. The summed E-state index contributed by atoms with van der Waals surface area (Å²) in [6.07, 6.45) is 5.31. The highest BCUT2D eigenvalue weighted by Crippen LogP contribution is 2.30. The van der Waals surface area contributed by atoms with E-state index >= 15 is 0 Å². The number of piperidine rings is 1. The molecule has 1 aliphatic heterocycles. The van der Waals surface area contributed by atoms with Crippen molar-refractivity contribution in [2.45, 2.75) is 46.2 Å². The van der Waals surface area contributed by atoms with Crippen molar-refractivity contribution >= 4 is 16.8 Å². The fraction of sp³-hybridized carbons (Fsp3) is 0.435. The van der Waals surface area contributed by atoms with Crippen LogP contribution in [0.15, 0.2) is 24.4 Å². The van der Waals surface area contributed by atoms with Crippen LogP contribution in [0.3, 0.4) is 0 Å². The first-order valence-corrected chi connectivity index (χ1v) is 11.5. The van der Waals surface area contributed by atoms with Crippen LogP contribution in [-0.4, -0.2) is 53.7 Å². The van der Waals surface area contributed by atoms with Crippen LogP contribution in [0.25, 0.3) is 33.8 Å². The maximum absolute atomic E-state index is 12.1. The van der Waals surface area contributed by atoms with Gasteiger partial charge in [-0.1, -0.05) is 0 Å². The summed E-state index contributed by atoms with van der Waals surface area (Å²) in [4.78, 5) is 15.4. The van der Waals surface area contributed by atoms with Crippen LogP contribution in [0, 0.1) is 12.8 Å². The number of benzene rings is 1. The summed E-state index contributed by atoms with van der Waals surface area (Å²) >= 11 is 0. The molecule has 0 aliphatic carbocycles. The Morgan fingerprint density at radius 2 is 2.06 bits per heavy atom. The second-order valence-electron chi connectivity index (χ2n) is 8.70. The molecule has 1 atom stereocenters. The summed E-state index contributed by atoms with van der Waals surface area (Å²) in [7, 11) is 0. The molecule has 33 heavy (non-hydrogen) atoms. The van der Waals surface area contributed by atoms with Crippen molar-refractivity contribution in [2.24, 2.45) is 11.7 Å². The topological polar surface area (TPSA) is 132 Å². The van der Waals surface area contributed by atoms with Gasteiger partial charge in [0.05, 0.1) is 17.4 Å². The van der Waals surface area contributed by atoms with E-state index in [-0.39, 0.29) is 0 Å². The standard InChI is InChI=1S/C23H29N9O/c1-3-31-20(9-14(2)30-31)23-27-22(28-29-23)17-10-16(21(24)33)11-19-18(17)13-26-32(19)8-6-15-5-4-7-25-12-15/h9-11,13,15,25H,3-8,12H2,1-2H3,(H2,24,33)(H,27,28,29)/t15-/m0/s1. The largest absolute Gasteiger partial charge is 0.366 e. The van der Waals surface area contributed by atoms with E-state index in [1.807, 2.05) is 41.5 Å². The van der Waals surface area contributed by atoms with Gasteiger partial charge in [0.15, 0.2) is 11.6 Å². The molecular weight excluding hydrogens is 418 g/mol. The molecule has 10 nitrogen and oxygen atoms in total. The van der Waals surface area contributed by atoms with E-state index in [9.17, 15) is 4.79 Å². The molecule has 0 unspecified atom stereocenters. The van der Waals surface area contributed by atoms with Gasteiger partial charge in [0.25, 0.3) is 0 Å². The first-order chi connectivity index (χ1) is 16.0. The van der Waals surface area contributed by atoms with Crippen LogP contribution >= 0.6 is 0 Å². The summed E-state index contributed by atoms with van der Waals surface area (Å²) in [6, 6.07) is 5.55. The molecule has 4 heterocycles. The molecule has 5 rings (SSSR count). The van der Waals surface area contributed by atoms with Gasteiger partial charge in [0.2, 0.25) is 5.91 Å². The maximum Gasteiger partial charge on any atom is 0.248 e. The lowest BCUT2D eigenvalue weighted by Gasteiger charge is -2.22. The van der Waals surface area contributed by atoms with Gasteiger partial charge in [0, 0.05) is 29.6 Å². The zero-order valence-corrected chi connectivity index (χ0v) is 19.0. The van der Waals surface area contributed by atoms with Crippen molar-refractivity contribution in [3.05, 3.63) is 35.7 Å². The van der Waals surface area contributed by atoms with E-state index in [0.29, 0.717) is 23.1 Å². The summed E-state index contributed by atoms with van der Waals surface area (Å²) in [5.41, 5.74) is 9.50. The lowest BCUT2D eigenvalue weighted by atomic mass is 9.96. The minimum Gasteiger partial charge on any atom is -0.366 e. The third-order valence-corrected chi connectivity index (χ3v) is 6.38. The number of nitrogens with zero attached hydrogens (tertiary/aromatic N) is 6. The predicted molar refractivity (Wildman–Crippen MR) is 125 cm³/mol. The zero-order valence-electron chi connectivity index (χ0n) is 19.0. The quantitative estimate of drug-likeness (QED) is 0.399. The number of aryl methyl sites for hydroxylation is 3. The molecule has 1 fully saturated rings. The average molecular weight is 448 g/mol. The smallest absolute Gasteiger partial charge is 0.248 e. The van der Waals surface area contributed by atoms with Gasteiger partial charge in [-0.3, -0.25) is 14.2 Å². The molecule has 10 heteroatoms. The number of aromatic amines is 1. The average Bonchev–Trinajstić information content (AvgIpc) is 3.55. The summed E-state index contributed by atoms with van der Waals surface area (Å²) in [5.74, 6) is 1.35. The number of amides is 1. The van der Waals surface area contributed by atoms with Crippen LogP contribution in [-0.2, 0) is 13.1 Å². The van der Waals surface area contributed by atoms with Gasteiger partial charge in [0.1, 0.15) is 5.69 Å². The number of primary amides is 1. The third-order valence-electron chi connectivity index (χ3n) is 6.38. The van der Waals surface area contributed by atoms with Crippen LogP contribution in [0.5, 0.6) is 0 Å². The Labute approximate surface area is 191 Å². The molecule has 1 amide bonds. The SMILES string of the molecule is CCn1nc(C)cc1-c1nnc(-c2cc(C(N)=O)cc3c2cnn3CC[C@@H]2CCCNC2)[nH]1. The minimum absolute atomic E-state index is 0.422. The van der Waals surface area contributed by atoms with E-state index in [2.05, 4.69) is 30.7 Å². The Morgan fingerprint density at radius 3 is 2.82 bits per heavy atom. The maximum atomic E-state index is 12.1. The normalized spacial score (nSPS) is 16.5. The fourth-order valence-electron chi connectivity index (χ4n) is 4.64. The van der Waals surface area contributed by atoms with Gasteiger partial charge in [-0.25, -0.2) is 0 Å². The second-order valence-corrected chi connectivity index (χ2v) is 8.70. The number of aromatic nitrogens is 7. The molecular formula is C23H29N9O. The van der Waals surface area contributed by atoms with Crippen LogP contribution in [0.2, 0.25) is 0 Å². The first kappa shape index (κ1) is 21.3. The van der Waals surface area contributed by atoms with Crippen LogP contribution < -0.4 is 11.1 Å². The molecule has 172 valence electrons. The lowest BCUT2D eigenvalue weighted by Crippen LogP contribution is -2.30. The molecule has 1 saturated heterocycles.